The zero-order chi connectivity index (χ0) is 18.6. The zero-order valence-electron chi connectivity index (χ0n) is 15.9. The van der Waals surface area contributed by atoms with Crippen molar-refractivity contribution < 1.29 is 14.6 Å². The molecule has 28 heavy (non-hydrogen) atoms. The third-order valence-corrected chi connectivity index (χ3v) is 5.55. The summed E-state index contributed by atoms with van der Waals surface area (Å²) in [7, 11) is 0. The van der Waals surface area contributed by atoms with E-state index in [4.69, 9.17) is 4.74 Å². The molecule has 1 aliphatic heterocycles. The molecule has 5 nitrogen and oxygen atoms in total. The molecule has 0 amide bonds. The van der Waals surface area contributed by atoms with Crippen LogP contribution in [-0.4, -0.2) is 53.4 Å². The van der Waals surface area contributed by atoms with Crippen molar-refractivity contribution in [3.63, 3.8) is 0 Å². The SMILES string of the molecule is Cl.O=C(O)[C@@H]1CCCN(CCOCCn2c3ccccc3c3ccccc32)C1. The van der Waals surface area contributed by atoms with Gasteiger partial charge in [0.25, 0.3) is 0 Å². The molecule has 0 unspecified atom stereocenters. The molecule has 2 aromatic carbocycles. The third-order valence-electron chi connectivity index (χ3n) is 5.55. The quantitative estimate of drug-likeness (QED) is 0.606. The van der Waals surface area contributed by atoms with E-state index in [1.807, 2.05) is 0 Å². The van der Waals surface area contributed by atoms with E-state index in [1.165, 1.54) is 21.8 Å². The fourth-order valence-electron chi connectivity index (χ4n) is 4.16. The lowest BCUT2D eigenvalue weighted by atomic mass is 9.98. The maximum Gasteiger partial charge on any atom is 0.307 e. The average molecular weight is 403 g/mol. The summed E-state index contributed by atoms with van der Waals surface area (Å²) in [4.78, 5) is 13.4. The van der Waals surface area contributed by atoms with Crippen LogP contribution < -0.4 is 0 Å². The number of carboxylic acid groups (broad SMARTS) is 1. The highest BCUT2D eigenvalue weighted by Gasteiger charge is 2.24. The molecule has 150 valence electrons. The van der Waals surface area contributed by atoms with E-state index in [9.17, 15) is 9.90 Å². The van der Waals surface area contributed by atoms with Crippen molar-refractivity contribution >= 4 is 40.2 Å². The van der Waals surface area contributed by atoms with Gasteiger partial charge < -0.3 is 19.3 Å². The summed E-state index contributed by atoms with van der Waals surface area (Å²) in [5.74, 6) is -0.900. The molecule has 4 rings (SSSR count). The van der Waals surface area contributed by atoms with E-state index in [-0.39, 0.29) is 18.3 Å². The van der Waals surface area contributed by atoms with Crippen molar-refractivity contribution in [2.24, 2.45) is 5.92 Å². The van der Waals surface area contributed by atoms with Gasteiger partial charge in [0.15, 0.2) is 0 Å². The summed E-state index contributed by atoms with van der Waals surface area (Å²) >= 11 is 0. The summed E-state index contributed by atoms with van der Waals surface area (Å²) in [6, 6.07) is 17.0. The molecule has 1 aliphatic rings. The monoisotopic (exact) mass is 402 g/mol. The number of nitrogens with zero attached hydrogens (tertiary/aromatic N) is 2. The van der Waals surface area contributed by atoms with Crippen LogP contribution in [0.2, 0.25) is 0 Å². The number of likely N-dealkylation sites (tertiary alicyclic amines) is 1. The smallest absolute Gasteiger partial charge is 0.307 e. The van der Waals surface area contributed by atoms with Crippen LogP contribution in [0.15, 0.2) is 48.5 Å². The van der Waals surface area contributed by atoms with Gasteiger partial charge in [-0.3, -0.25) is 4.79 Å². The Hall–Kier alpha value is -2.08. The van der Waals surface area contributed by atoms with Gasteiger partial charge in [-0.05, 0) is 31.5 Å². The van der Waals surface area contributed by atoms with E-state index in [1.54, 1.807) is 0 Å². The van der Waals surface area contributed by atoms with Crippen LogP contribution in [-0.2, 0) is 16.1 Å². The summed E-state index contributed by atoms with van der Waals surface area (Å²) in [5, 5.41) is 11.7. The molecule has 1 fully saturated rings. The Labute approximate surface area is 171 Å². The van der Waals surface area contributed by atoms with Gasteiger partial charge in [-0.2, -0.15) is 0 Å². The first-order valence-electron chi connectivity index (χ1n) is 9.73. The number of carbonyl (C=O) groups is 1. The number of benzene rings is 2. The molecule has 0 saturated carbocycles. The highest BCUT2D eigenvalue weighted by molar-refractivity contribution is 6.07. The topological polar surface area (TPSA) is 54.7 Å². The van der Waals surface area contributed by atoms with Gasteiger partial charge in [-0.1, -0.05) is 36.4 Å². The summed E-state index contributed by atoms with van der Waals surface area (Å²) in [6.45, 7) is 4.52. The van der Waals surface area contributed by atoms with Gasteiger partial charge in [0.05, 0.1) is 19.1 Å². The second-order valence-electron chi connectivity index (χ2n) is 7.28. The molecular formula is C22H27ClN2O3. The van der Waals surface area contributed by atoms with Crippen molar-refractivity contribution in [2.45, 2.75) is 19.4 Å². The lowest BCUT2D eigenvalue weighted by Crippen LogP contribution is -2.40. The second kappa shape index (κ2) is 9.41. The van der Waals surface area contributed by atoms with E-state index in [0.29, 0.717) is 19.8 Å². The molecule has 0 spiro atoms. The molecule has 0 aliphatic carbocycles. The maximum absolute atomic E-state index is 11.2. The normalized spacial score (nSPS) is 17.6. The number of halogens is 1. The Balaban J connectivity index is 0.00000225. The van der Waals surface area contributed by atoms with Crippen LogP contribution in [0.25, 0.3) is 21.8 Å². The highest BCUT2D eigenvalue weighted by Crippen LogP contribution is 2.28. The number of piperidine rings is 1. The number of hydrogen-bond donors (Lipinski definition) is 1. The predicted molar refractivity (Wildman–Crippen MR) is 114 cm³/mol. The zero-order valence-corrected chi connectivity index (χ0v) is 16.7. The van der Waals surface area contributed by atoms with Gasteiger partial charge in [-0.15, -0.1) is 12.4 Å². The predicted octanol–water partition coefficient (Wildman–Crippen LogP) is 4.03. The van der Waals surface area contributed by atoms with Crippen molar-refractivity contribution in [3.8, 4) is 0 Å². The first-order valence-corrected chi connectivity index (χ1v) is 9.73. The minimum atomic E-state index is -0.674. The average Bonchev–Trinajstić information content (AvgIpc) is 3.02. The number of rotatable bonds is 7. The molecular weight excluding hydrogens is 376 g/mol. The largest absolute Gasteiger partial charge is 0.481 e. The highest BCUT2D eigenvalue weighted by atomic mass is 35.5. The molecule has 1 aromatic heterocycles. The first kappa shape index (κ1) is 20.6. The minimum absolute atomic E-state index is 0. The Morgan fingerprint density at radius 3 is 2.25 bits per heavy atom. The number of para-hydroxylation sites is 2. The van der Waals surface area contributed by atoms with Crippen LogP contribution in [0, 0.1) is 5.92 Å². The summed E-state index contributed by atoms with van der Waals surface area (Å²) in [5.41, 5.74) is 2.48. The molecule has 0 bridgehead atoms. The van der Waals surface area contributed by atoms with Gasteiger partial charge in [-0.25, -0.2) is 0 Å². The van der Waals surface area contributed by atoms with Crippen molar-refractivity contribution in [2.75, 3.05) is 32.8 Å². The molecule has 1 atom stereocenters. The Bertz CT molecular complexity index is 887. The Morgan fingerprint density at radius 2 is 1.61 bits per heavy atom. The standard InChI is InChI=1S/C22H26N2O3.ClH/c25-22(26)17-6-5-11-23(16-17)12-14-27-15-13-24-20-9-3-1-7-18(20)19-8-2-4-10-21(19)24;/h1-4,7-10,17H,5-6,11-16H2,(H,25,26);1H/t17-;/m1./s1. The third kappa shape index (κ3) is 4.32. The number of aliphatic carboxylic acids is 1. The molecule has 0 radical (unpaired) electrons. The fourth-order valence-corrected chi connectivity index (χ4v) is 4.16. The molecule has 3 aromatic rings. The van der Waals surface area contributed by atoms with Crippen LogP contribution in [0.1, 0.15) is 12.8 Å². The van der Waals surface area contributed by atoms with Crippen molar-refractivity contribution in [1.82, 2.24) is 9.47 Å². The molecule has 6 heteroatoms. The van der Waals surface area contributed by atoms with E-state index in [0.717, 1.165) is 32.5 Å². The number of ether oxygens (including phenoxy) is 1. The van der Waals surface area contributed by atoms with Gasteiger partial charge in [0, 0.05) is 41.4 Å². The maximum atomic E-state index is 11.2. The Kier molecular flexibility index (Phi) is 6.94. The van der Waals surface area contributed by atoms with E-state index >= 15 is 0 Å². The number of aromatic nitrogens is 1. The minimum Gasteiger partial charge on any atom is -0.481 e. The fraction of sp³-hybridized carbons (Fsp3) is 0.409. The van der Waals surface area contributed by atoms with Crippen LogP contribution in [0.3, 0.4) is 0 Å². The molecule has 2 heterocycles. The lowest BCUT2D eigenvalue weighted by Gasteiger charge is -2.30. The van der Waals surface area contributed by atoms with Crippen LogP contribution >= 0.6 is 12.4 Å². The number of fused-ring (bicyclic) bond motifs is 3. The second-order valence-corrected chi connectivity index (χ2v) is 7.28. The van der Waals surface area contributed by atoms with Gasteiger partial charge >= 0.3 is 5.97 Å². The van der Waals surface area contributed by atoms with Crippen molar-refractivity contribution in [3.05, 3.63) is 48.5 Å². The van der Waals surface area contributed by atoms with Crippen molar-refractivity contribution in [1.29, 1.82) is 0 Å². The summed E-state index contributed by atoms with van der Waals surface area (Å²) < 4.78 is 8.22. The Morgan fingerprint density at radius 1 is 1.00 bits per heavy atom. The van der Waals surface area contributed by atoms with E-state index in [2.05, 4.69) is 58.0 Å². The van der Waals surface area contributed by atoms with Crippen LogP contribution in [0.5, 0.6) is 0 Å². The summed E-state index contributed by atoms with van der Waals surface area (Å²) in [6.07, 6.45) is 1.75. The van der Waals surface area contributed by atoms with E-state index < -0.39 is 5.97 Å². The molecule has 1 N–H and O–H groups in total. The first-order chi connectivity index (χ1) is 13.2. The van der Waals surface area contributed by atoms with Gasteiger partial charge in [0.2, 0.25) is 0 Å². The molecule has 1 saturated heterocycles. The number of hydrogen-bond acceptors (Lipinski definition) is 3. The van der Waals surface area contributed by atoms with Crippen LogP contribution in [0.4, 0.5) is 0 Å². The number of carboxylic acids is 1. The lowest BCUT2D eigenvalue weighted by molar-refractivity contribution is -0.143. The van der Waals surface area contributed by atoms with Gasteiger partial charge in [0.1, 0.15) is 0 Å².